The molecule has 146 valence electrons. The minimum Gasteiger partial charge on any atom is -0.504 e. The van der Waals surface area contributed by atoms with Crippen molar-refractivity contribution in [2.24, 2.45) is 0 Å². The zero-order valence-electron chi connectivity index (χ0n) is 15.2. The van der Waals surface area contributed by atoms with E-state index in [4.69, 9.17) is 24.8 Å². The van der Waals surface area contributed by atoms with Crippen molar-refractivity contribution in [3.63, 3.8) is 0 Å². The van der Waals surface area contributed by atoms with Crippen LogP contribution in [-0.2, 0) is 13.0 Å². The Morgan fingerprint density at radius 1 is 1.11 bits per heavy atom. The lowest BCUT2D eigenvalue weighted by atomic mass is 9.95. The maximum absolute atomic E-state index is 9.87. The van der Waals surface area contributed by atoms with Gasteiger partial charge < -0.3 is 24.9 Å². The monoisotopic (exact) mass is 387 g/mol. The Hall–Kier alpha value is -3.75. The summed E-state index contributed by atoms with van der Waals surface area (Å²) in [5, 5.41) is 35.2. The molecule has 0 spiro atoms. The third kappa shape index (κ3) is 3.41. The molecule has 0 fully saturated rings. The molecule has 0 radical (unpaired) electrons. The van der Waals surface area contributed by atoms with E-state index in [1.807, 2.05) is 12.1 Å². The summed E-state index contributed by atoms with van der Waals surface area (Å²) in [6.07, 6.45) is 2.84. The van der Waals surface area contributed by atoms with Gasteiger partial charge in [-0.3, -0.25) is 0 Å². The predicted octanol–water partition coefficient (Wildman–Crippen LogP) is 2.43. The summed E-state index contributed by atoms with van der Waals surface area (Å²) < 4.78 is 13.1. The van der Waals surface area contributed by atoms with Crippen molar-refractivity contribution in [3.05, 3.63) is 52.2 Å². The van der Waals surface area contributed by atoms with Gasteiger partial charge in [0.15, 0.2) is 35.7 Å². The molecule has 1 aliphatic rings. The van der Waals surface area contributed by atoms with E-state index in [9.17, 15) is 10.2 Å². The summed E-state index contributed by atoms with van der Waals surface area (Å²) in [6, 6.07) is 9.23. The summed E-state index contributed by atoms with van der Waals surface area (Å²) in [6.45, 7) is 0.794. The molecule has 9 nitrogen and oxygen atoms in total. The van der Waals surface area contributed by atoms with E-state index in [0.717, 1.165) is 40.6 Å². The molecule has 9 heteroatoms. The van der Waals surface area contributed by atoms with Crippen molar-refractivity contribution >= 4 is 10.8 Å². The van der Waals surface area contributed by atoms with Crippen molar-refractivity contribution < 1.29 is 34.5 Å². The number of aryl methyl sites for hydroxylation is 2. The summed E-state index contributed by atoms with van der Waals surface area (Å²) >= 11 is 0. The molecular formula is C19H19N2O7+. The molecule has 0 saturated carbocycles. The Balaban J connectivity index is 0.000000516. The van der Waals surface area contributed by atoms with Crippen molar-refractivity contribution in [3.8, 4) is 34.3 Å². The zero-order chi connectivity index (χ0) is 20.4. The Morgan fingerprint density at radius 2 is 1.79 bits per heavy atom. The van der Waals surface area contributed by atoms with Gasteiger partial charge >= 0.3 is 0 Å². The van der Waals surface area contributed by atoms with Gasteiger partial charge in [-0.25, -0.2) is 0 Å². The number of aromatic nitrogens is 1. The lowest BCUT2D eigenvalue weighted by Gasteiger charge is -2.17. The molecule has 0 atom stereocenters. The van der Waals surface area contributed by atoms with Crippen LogP contribution in [0.3, 0.4) is 0 Å². The average Bonchev–Trinajstić information content (AvgIpc) is 2.66. The van der Waals surface area contributed by atoms with Gasteiger partial charge in [-0.1, -0.05) is 0 Å². The summed E-state index contributed by atoms with van der Waals surface area (Å²) in [7, 11) is 3.26. The average molecular weight is 387 g/mol. The Kier molecular flexibility index (Phi) is 5.08. The van der Waals surface area contributed by atoms with Gasteiger partial charge in [-0.2, -0.15) is 4.57 Å². The quantitative estimate of drug-likeness (QED) is 0.267. The zero-order valence-corrected chi connectivity index (χ0v) is 15.2. The maximum atomic E-state index is 9.87. The molecule has 0 aliphatic carbocycles. The fourth-order valence-corrected chi connectivity index (χ4v) is 3.40. The van der Waals surface area contributed by atoms with E-state index >= 15 is 0 Å². The number of phenolic OH excluding ortho intramolecular Hbond substituents is 2. The number of nitrogens with zero attached hydrogens (tertiary/aromatic N) is 2. The van der Waals surface area contributed by atoms with Gasteiger partial charge in [0.25, 0.3) is 5.09 Å². The van der Waals surface area contributed by atoms with E-state index in [0.29, 0.717) is 11.5 Å². The van der Waals surface area contributed by atoms with E-state index in [1.54, 1.807) is 26.4 Å². The number of hydrogen-bond acceptors (Lipinski definition) is 6. The summed E-state index contributed by atoms with van der Waals surface area (Å²) in [5.74, 6) is 1.23. The second-order valence-electron chi connectivity index (χ2n) is 6.14. The van der Waals surface area contributed by atoms with Gasteiger partial charge in [-0.15, -0.1) is 10.1 Å². The molecule has 2 aromatic carbocycles. The Bertz CT molecular complexity index is 1060. The molecule has 28 heavy (non-hydrogen) atoms. The molecule has 2 heterocycles. The molecule has 1 aromatic heterocycles. The maximum Gasteiger partial charge on any atom is 0.291 e. The highest BCUT2D eigenvalue weighted by Crippen LogP contribution is 2.39. The number of rotatable bonds is 2. The SMILES string of the molecule is COc1ccc2cc3[n+](cc2c1OC)CCc1cc(O)c(O)cc1-3.O=[N+]([O-])O. The van der Waals surface area contributed by atoms with Crippen LogP contribution in [0.25, 0.3) is 22.0 Å². The van der Waals surface area contributed by atoms with Crippen LogP contribution >= 0.6 is 0 Å². The van der Waals surface area contributed by atoms with Crippen molar-refractivity contribution in [2.45, 2.75) is 13.0 Å². The fraction of sp³-hybridized carbons (Fsp3) is 0.211. The van der Waals surface area contributed by atoms with Crippen molar-refractivity contribution in [1.29, 1.82) is 0 Å². The number of benzene rings is 2. The minimum absolute atomic E-state index is 0.0746. The first-order chi connectivity index (χ1) is 13.3. The van der Waals surface area contributed by atoms with E-state index < -0.39 is 5.09 Å². The molecule has 3 N–H and O–H groups in total. The first-order valence-corrected chi connectivity index (χ1v) is 8.32. The van der Waals surface area contributed by atoms with Gasteiger partial charge in [0, 0.05) is 12.5 Å². The predicted molar refractivity (Wildman–Crippen MR) is 98.5 cm³/mol. The van der Waals surface area contributed by atoms with E-state index in [1.165, 1.54) is 0 Å². The molecule has 0 amide bonds. The first-order valence-electron chi connectivity index (χ1n) is 8.32. The molecule has 3 aromatic rings. The third-order valence-electron chi connectivity index (χ3n) is 4.60. The Labute approximate surface area is 159 Å². The third-order valence-corrected chi connectivity index (χ3v) is 4.60. The molecule has 0 bridgehead atoms. The fourth-order valence-electron chi connectivity index (χ4n) is 3.40. The minimum atomic E-state index is -1.50. The number of aromatic hydroxyl groups is 2. The van der Waals surface area contributed by atoms with Crippen LogP contribution in [0.5, 0.6) is 23.0 Å². The van der Waals surface area contributed by atoms with Crippen LogP contribution in [0, 0.1) is 10.1 Å². The van der Waals surface area contributed by atoms with Crippen LogP contribution in [0.1, 0.15) is 5.56 Å². The smallest absolute Gasteiger partial charge is 0.291 e. The van der Waals surface area contributed by atoms with Crippen LogP contribution in [-0.4, -0.2) is 34.7 Å². The number of pyridine rings is 1. The van der Waals surface area contributed by atoms with E-state index in [2.05, 4.69) is 16.8 Å². The van der Waals surface area contributed by atoms with Gasteiger partial charge in [0.1, 0.15) is 0 Å². The number of fused-ring (bicyclic) bond motifs is 4. The number of hydrogen-bond donors (Lipinski definition) is 3. The van der Waals surface area contributed by atoms with Crippen molar-refractivity contribution in [1.82, 2.24) is 0 Å². The normalized spacial score (nSPS) is 11.6. The molecule has 1 aliphatic heterocycles. The van der Waals surface area contributed by atoms with Gasteiger partial charge in [0.05, 0.1) is 25.2 Å². The van der Waals surface area contributed by atoms with Crippen LogP contribution < -0.4 is 14.0 Å². The summed E-state index contributed by atoms with van der Waals surface area (Å²) in [5.41, 5.74) is 2.98. The van der Waals surface area contributed by atoms with Crippen molar-refractivity contribution in [2.75, 3.05) is 14.2 Å². The highest BCUT2D eigenvalue weighted by Gasteiger charge is 2.26. The van der Waals surface area contributed by atoms with Gasteiger partial charge in [-0.05, 0) is 35.2 Å². The highest BCUT2D eigenvalue weighted by molar-refractivity contribution is 5.91. The summed E-state index contributed by atoms with van der Waals surface area (Å²) in [4.78, 5) is 8.36. The molecule has 0 unspecified atom stereocenters. The number of ether oxygens (including phenoxy) is 2. The van der Waals surface area contributed by atoms with Gasteiger partial charge in [0.2, 0.25) is 5.69 Å². The first kappa shape index (κ1) is 19.0. The number of methoxy groups -OCH3 is 2. The second kappa shape index (κ2) is 7.47. The second-order valence-corrected chi connectivity index (χ2v) is 6.14. The molecule has 0 saturated heterocycles. The van der Waals surface area contributed by atoms with Crippen LogP contribution in [0.2, 0.25) is 0 Å². The lowest BCUT2D eigenvalue weighted by molar-refractivity contribution is -0.742. The Morgan fingerprint density at radius 3 is 2.43 bits per heavy atom. The topological polar surface area (TPSA) is 126 Å². The van der Waals surface area contributed by atoms with E-state index in [-0.39, 0.29) is 11.5 Å². The number of phenols is 2. The lowest BCUT2D eigenvalue weighted by Crippen LogP contribution is -2.40. The molecule has 4 rings (SSSR count). The molecular weight excluding hydrogens is 368 g/mol. The standard InChI is InChI=1S/C19H17NO4.HNO3/c1-23-18-4-3-11-7-15-13-9-17(22)16(21)8-12(13)5-6-20(15)10-14(11)19(18)24-2;2-1(3)4/h3-4,7-10,22H,5-6H2,1-2H3;(H,2,3,4)/p+1. The largest absolute Gasteiger partial charge is 0.504 e. The van der Waals surface area contributed by atoms with Crippen LogP contribution in [0.4, 0.5) is 0 Å². The van der Waals surface area contributed by atoms with Crippen LogP contribution in [0.15, 0.2) is 36.5 Å². The highest BCUT2D eigenvalue weighted by atomic mass is 16.9.